The first-order valence-corrected chi connectivity index (χ1v) is 12.3. The second-order valence-corrected chi connectivity index (χ2v) is 10.2. The number of aliphatic hydroxyl groups excluding tert-OH is 1. The van der Waals surface area contributed by atoms with E-state index in [4.69, 9.17) is 4.98 Å². The summed E-state index contributed by atoms with van der Waals surface area (Å²) in [5.41, 5.74) is 12.0. The van der Waals surface area contributed by atoms with Crippen molar-refractivity contribution in [3.05, 3.63) is 59.1 Å². The van der Waals surface area contributed by atoms with E-state index < -0.39 is 0 Å². The Hall–Kier alpha value is -3.01. The molecule has 1 atom stereocenters. The Balaban J connectivity index is 1.61. The summed E-state index contributed by atoms with van der Waals surface area (Å²) in [6.45, 7) is 6.97. The Labute approximate surface area is 207 Å². The van der Waals surface area contributed by atoms with Crippen LogP contribution >= 0.6 is 0 Å². The Morgan fingerprint density at radius 1 is 1.29 bits per heavy atom. The van der Waals surface area contributed by atoms with Crippen LogP contribution in [0.5, 0.6) is 0 Å². The number of carbonyl (C=O) groups is 1. The molecular formula is C26H37N7O2. The standard InChI is InChI=1S/C26H37N7O2/c1-26(2)7-6-21-22(15-26)30-31-25(21)20-13-23(28-17-19-5-4-8-27-16-19)29-24(14-20)33(18-35)10-9-32(3)11-12-34/h4-5,8,13-14,16,18,25,30-31,34H,6-7,9-12,15,17H2,1-3H3,(H,28,29). The lowest BCUT2D eigenvalue weighted by Crippen LogP contribution is -2.34. The van der Waals surface area contributed by atoms with Gasteiger partial charge in [-0.2, -0.15) is 0 Å². The van der Waals surface area contributed by atoms with Gasteiger partial charge in [-0.25, -0.2) is 10.4 Å². The van der Waals surface area contributed by atoms with Crippen LogP contribution in [0, 0.1) is 5.41 Å². The minimum absolute atomic E-state index is 0.0346. The summed E-state index contributed by atoms with van der Waals surface area (Å²) in [5.74, 6) is 1.32. The highest BCUT2D eigenvalue weighted by molar-refractivity contribution is 5.74. The largest absolute Gasteiger partial charge is 0.395 e. The lowest BCUT2D eigenvalue weighted by Gasteiger charge is -2.31. The van der Waals surface area contributed by atoms with Crippen LogP contribution in [0.25, 0.3) is 0 Å². The number of hydrogen-bond acceptors (Lipinski definition) is 8. The molecule has 9 nitrogen and oxygen atoms in total. The summed E-state index contributed by atoms with van der Waals surface area (Å²) in [6.07, 6.45) is 7.62. The van der Waals surface area contributed by atoms with Crippen molar-refractivity contribution in [1.29, 1.82) is 0 Å². The predicted octanol–water partition coefficient (Wildman–Crippen LogP) is 2.59. The molecule has 2 aromatic rings. The molecule has 1 aliphatic carbocycles. The van der Waals surface area contributed by atoms with Gasteiger partial charge in [0.05, 0.1) is 12.6 Å². The molecule has 188 valence electrons. The molecule has 2 aliphatic rings. The SMILES string of the molecule is CN(CCO)CCN(C=O)c1cc(C2NNC3=C2CCC(C)(C)C3)cc(NCc2cccnc2)n1. The van der Waals surface area contributed by atoms with Gasteiger partial charge in [0.25, 0.3) is 0 Å². The number of nitrogens with one attached hydrogen (secondary N) is 3. The number of nitrogens with zero attached hydrogens (tertiary/aromatic N) is 4. The molecule has 0 bridgehead atoms. The highest BCUT2D eigenvalue weighted by Crippen LogP contribution is 2.44. The van der Waals surface area contributed by atoms with Crippen LogP contribution in [0.2, 0.25) is 0 Å². The van der Waals surface area contributed by atoms with Gasteiger partial charge in [-0.05, 0) is 66.6 Å². The second-order valence-electron chi connectivity index (χ2n) is 10.2. The Bertz CT molecular complexity index is 1040. The summed E-state index contributed by atoms with van der Waals surface area (Å²) in [7, 11) is 1.93. The molecule has 2 aromatic heterocycles. The van der Waals surface area contributed by atoms with Gasteiger partial charge in [0.2, 0.25) is 6.41 Å². The minimum Gasteiger partial charge on any atom is -0.395 e. The fourth-order valence-electron chi connectivity index (χ4n) is 4.70. The normalized spacial score (nSPS) is 18.8. The first-order chi connectivity index (χ1) is 16.9. The topological polar surface area (TPSA) is 106 Å². The number of allylic oxidation sites excluding steroid dienone is 1. The van der Waals surface area contributed by atoms with Crippen LogP contribution in [-0.2, 0) is 11.3 Å². The third-order valence-corrected chi connectivity index (χ3v) is 6.82. The zero-order chi connectivity index (χ0) is 24.8. The lowest BCUT2D eigenvalue weighted by molar-refractivity contribution is -0.107. The van der Waals surface area contributed by atoms with Crippen LogP contribution in [-0.4, -0.2) is 59.7 Å². The third kappa shape index (κ3) is 6.36. The molecule has 35 heavy (non-hydrogen) atoms. The van der Waals surface area contributed by atoms with Gasteiger partial charge in [0.1, 0.15) is 11.6 Å². The minimum atomic E-state index is 0.0346. The quantitative estimate of drug-likeness (QED) is 0.365. The van der Waals surface area contributed by atoms with Gasteiger partial charge < -0.3 is 20.7 Å². The molecule has 1 aliphatic heterocycles. The highest BCUT2D eigenvalue weighted by Gasteiger charge is 2.35. The van der Waals surface area contributed by atoms with E-state index in [1.807, 2.05) is 36.3 Å². The van der Waals surface area contributed by atoms with E-state index in [0.29, 0.717) is 37.8 Å². The van der Waals surface area contributed by atoms with Crippen molar-refractivity contribution in [3.63, 3.8) is 0 Å². The van der Waals surface area contributed by atoms with Crippen LogP contribution in [0.4, 0.5) is 11.6 Å². The molecule has 4 N–H and O–H groups in total. The van der Waals surface area contributed by atoms with Gasteiger partial charge in [-0.3, -0.25) is 14.7 Å². The maximum absolute atomic E-state index is 12.1. The number of hydrogen-bond donors (Lipinski definition) is 4. The molecule has 1 unspecified atom stereocenters. The number of aliphatic hydroxyl groups is 1. The van der Waals surface area contributed by atoms with Crippen molar-refractivity contribution in [2.75, 3.05) is 43.5 Å². The van der Waals surface area contributed by atoms with Crippen molar-refractivity contribution < 1.29 is 9.90 Å². The number of anilines is 2. The average Bonchev–Trinajstić information content (AvgIpc) is 3.26. The summed E-state index contributed by atoms with van der Waals surface area (Å²) in [6, 6.07) is 8.03. The fourth-order valence-corrected chi connectivity index (χ4v) is 4.70. The Kier molecular flexibility index (Phi) is 8.00. The van der Waals surface area contributed by atoms with Gasteiger partial charge in [-0.1, -0.05) is 19.9 Å². The van der Waals surface area contributed by atoms with Crippen LogP contribution < -0.4 is 21.1 Å². The molecule has 0 saturated heterocycles. The summed E-state index contributed by atoms with van der Waals surface area (Å²) in [4.78, 5) is 24.6. The summed E-state index contributed by atoms with van der Waals surface area (Å²) in [5, 5.41) is 12.6. The van der Waals surface area contributed by atoms with Gasteiger partial charge in [-0.15, -0.1) is 0 Å². The van der Waals surface area contributed by atoms with Gasteiger partial charge in [0, 0.05) is 44.3 Å². The first-order valence-electron chi connectivity index (χ1n) is 12.3. The second kappa shape index (κ2) is 11.2. The van der Waals surface area contributed by atoms with E-state index in [-0.39, 0.29) is 18.1 Å². The molecule has 0 saturated carbocycles. The van der Waals surface area contributed by atoms with Crippen molar-refractivity contribution in [2.24, 2.45) is 5.41 Å². The molecule has 0 radical (unpaired) electrons. The molecular weight excluding hydrogens is 442 g/mol. The number of likely N-dealkylation sites (N-methyl/N-ethyl adjacent to an activating group) is 1. The van der Waals surface area contributed by atoms with Crippen LogP contribution in [0.3, 0.4) is 0 Å². The first kappa shape index (κ1) is 25.1. The Morgan fingerprint density at radius 2 is 2.14 bits per heavy atom. The zero-order valence-electron chi connectivity index (χ0n) is 20.9. The molecule has 0 fully saturated rings. The van der Waals surface area contributed by atoms with Crippen LogP contribution in [0.15, 0.2) is 47.9 Å². The molecule has 0 aromatic carbocycles. The number of hydrazine groups is 1. The summed E-state index contributed by atoms with van der Waals surface area (Å²) < 4.78 is 0. The summed E-state index contributed by atoms with van der Waals surface area (Å²) >= 11 is 0. The fraction of sp³-hybridized carbons (Fsp3) is 0.500. The zero-order valence-corrected chi connectivity index (χ0v) is 20.9. The van der Waals surface area contributed by atoms with E-state index >= 15 is 0 Å². The Morgan fingerprint density at radius 3 is 2.89 bits per heavy atom. The van der Waals surface area contributed by atoms with E-state index in [1.54, 1.807) is 11.1 Å². The number of aromatic nitrogens is 2. The van der Waals surface area contributed by atoms with Gasteiger partial charge >= 0.3 is 0 Å². The molecule has 3 heterocycles. The van der Waals surface area contributed by atoms with Crippen molar-refractivity contribution in [1.82, 2.24) is 25.7 Å². The molecule has 9 heteroatoms. The monoisotopic (exact) mass is 479 g/mol. The van der Waals surface area contributed by atoms with Crippen molar-refractivity contribution in [3.8, 4) is 0 Å². The third-order valence-electron chi connectivity index (χ3n) is 6.82. The lowest BCUT2D eigenvalue weighted by atomic mass is 9.75. The van der Waals surface area contributed by atoms with Crippen molar-refractivity contribution in [2.45, 2.75) is 45.7 Å². The maximum Gasteiger partial charge on any atom is 0.215 e. The highest BCUT2D eigenvalue weighted by atomic mass is 16.3. The van der Waals surface area contributed by atoms with E-state index in [1.165, 1.54) is 11.3 Å². The van der Waals surface area contributed by atoms with E-state index in [2.05, 4.69) is 41.1 Å². The predicted molar refractivity (Wildman–Crippen MR) is 137 cm³/mol. The van der Waals surface area contributed by atoms with E-state index in [0.717, 1.165) is 36.8 Å². The van der Waals surface area contributed by atoms with Gasteiger partial charge in [0.15, 0.2) is 0 Å². The van der Waals surface area contributed by atoms with E-state index in [9.17, 15) is 9.90 Å². The average molecular weight is 480 g/mol. The molecule has 1 amide bonds. The number of rotatable bonds is 11. The smallest absolute Gasteiger partial charge is 0.215 e. The number of carbonyl (C=O) groups excluding carboxylic acids is 1. The molecule has 4 rings (SSSR count). The van der Waals surface area contributed by atoms with Crippen LogP contribution in [0.1, 0.15) is 50.3 Å². The van der Waals surface area contributed by atoms with Crippen molar-refractivity contribution >= 4 is 18.0 Å². The number of pyridine rings is 2. The number of amides is 1. The maximum atomic E-state index is 12.1. The molecule has 0 spiro atoms.